The molecular weight excluding hydrogens is 340 g/mol. The number of benzene rings is 1. The van der Waals surface area contributed by atoms with Crippen LogP contribution < -0.4 is 0 Å². The normalized spacial score (nSPS) is 29.4. The number of halogens is 1. The smallest absolute Gasteiger partial charge is 0.0720 e. The molecule has 0 aliphatic heterocycles. The minimum absolute atomic E-state index is 0.456. The fraction of sp³-hybridized carbons (Fsp3) is 0.667. The van der Waals surface area contributed by atoms with Crippen molar-refractivity contribution in [3.8, 4) is 0 Å². The second-order valence-corrected chi connectivity index (χ2v) is 8.91. The van der Waals surface area contributed by atoms with E-state index in [2.05, 4.69) is 24.8 Å². The third-order valence-corrected chi connectivity index (χ3v) is 6.95. The average molecular weight is 375 g/mol. The predicted octanol–water partition coefficient (Wildman–Crippen LogP) is 7.58. The van der Waals surface area contributed by atoms with Crippen LogP contribution >= 0.6 is 11.6 Å². The Morgan fingerprint density at radius 3 is 2.15 bits per heavy atom. The lowest BCUT2D eigenvalue weighted by Gasteiger charge is -2.37. The number of hydrogen-bond donors (Lipinski definition) is 0. The molecule has 1 aromatic carbocycles. The van der Waals surface area contributed by atoms with Crippen LogP contribution in [0.3, 0.4) is 0 Å². The standard InChI is InChI=1S/C24H35ClO/c1-2-3-4-5-19-6-10-21(11-7-19)22-12-16-24(17-13-22)26-18-20-8-14-23(25)15-9-20/h2,8-9,14-15,19,21-22,24H,1,3-7,10-13,16-18H2/t19-,21-,22-,24-. The van der Waals surface area contributed by atoms with Gasteiger partial charge in [0.2, 0.25) is 0 Å². The van der Waals surface area contributed by atoms with Crippen LogP contribution in [0.2, 0.25) is 5.02 Å². The molecule has 0 saturated heterocycles. The van der Waals surface area contributed by atoms with E-state index in [1.54, 1.807) is 0 Å². The van der Waals surface area contributed by atoms with E-state index in [-0.39, 0.29) is 0 Å². The van der Waals surface area contributed by atoms with Crippen LogP contribution in [0.25, 0.3) is 0 Å². The highest BCUT2D eigenvalue weighted by molar-refractivity contribution is 6.30. The third-order valence-electron chi connectivity index (χ3n) is 6.70. The summed E-state index contributed by atoms with van der Waals surface area (Å²) in [6.07, 6.45) is 17.6. The van der Waals surface area contributed by atoms with Gasteiger partial charge in [0.25, 0.3) is 0 Å². The van der Waals surface area contributed by atoms with Crippen molar-refractivity contribution < 1.29 is 4.74 Å². The van der Waals surface area contributed by atoms with Crippen molar-refractivity contribution in [2.75, 3.05) is 0 Å². The Balaban J connectivity index is 1.32. The second kappa shape index (κ2) is 10.5. The first-order valence-corrected chi connectivity index (χ1v) is 11.1. The predicted molar refractivity (Wildman–Crippen MR) is 111 cm³/mol. The zero-order chi connectivity index (χ0) is 18.2. The Morgan fingerprint density at radius 2 is 1.54 bits per heavy atom. The van der Waals surface area contributed by atoms with Gasteiger partial charge in [-0.1, -0.05) is 49.1 Å². The van der Waals surface area contributed by atoms with Crippen LogP contribution in [0.4, 0.5) is 0 Å². The highest BCUT2D eigenvalue weighted by Gasteiger charge is 2.30. The van der Waals surface area contributed by atoms with Gasteiger partial charge >= 0.3 is 0 Å². The molecule has 2 aliphatic rings. The molecule has 2 fully saturated rings. The minimum atomic E-state index is 0.456. The molecule has 1 nitrogen and oxygen atoms in total. The van der Waals surface area contributed by atoms with Crippen molar-refractivity contribution in [2.45, 2.75) is 83.3 Å². The Bertz CT molecular complexity index is 522. The highest BCUT2D eigenvalue weighted by atomic mass is 35.5. The molecule has 0 unspecified atom stereocenters. The summed E-state index contributed by atoms with van der Waals surface area (Å²) in [7, 11) is 0. The Labute approximate surface area is 165 Å². The molecule has 0 N–H and O–H groups in total. The maximum Gasteiger partial charge on any atom is 0.0720 e. The number of allylic oxidation sites excluding steroid dienone is 1. The van der Waals surface area contributed by atoms with Gasteiger partial charge < -0.3 is 4.74 Å². The van der Waals surface area contributed by atoms with Crippen molar-refractivity contribution in [2.24, 2.45) is 17.8 Å². The summed E-state index contributed by atoms with van der Waals surface area (Å²) >= 11 is 5.95. The summed E-state index contributed by atoms with van der Waals surface area (Å²) < 4.78 is 6.17. The minimum Gasteiger partial charge on any atom is -0.374 e. The van der Waals surface area contributed by atoms with Gasteiger partial charge in [-0.3, -0.25) is 0 Å². The quantitative estimate of drug-likeness (QED) is 0.336. The van der Waals surface area contributed by atoms with E-state index in [0.717, 1.165) is 29.4 Å². The summed E-state index contributed by atoms with van der Waals surface area (Å²) in [5.74, 6) is 2.94. The lowest BCUT2D eigenvalue weighted by molar-refractivity contribution is -0.00285. The van der Waals surface area contributed by atoms with E-state index in [1.807, 2.05) is 12.1 Å². The maximum absolute atomic E-state index is 6.17. The number of unbranched alkanes of at least 4 members (excludes halogenated alkanes) is 1. The molecule has 0 bridgehead atoms. The summed E-state index contributed by atoms with van der Waals surface area (Å²) in [6.45, 7) is 4.57. The van der Waals surface area contributed by atoms with Crippen LogP contribution in [0.15, 0.2) is 36.9 Å². The molecule has 0 spiro atoms. The monoisotopic (exact) mass is 374 g/mol. The zero-order valence-corrected chi connectivity index (χ0v) is 16.9. The summed E-state index contributed by atoms with van der Waals surface area (Å²) in [5, 5.41) is 0.796. The van der Waals surface area contributed by atoms with Gasteiger partial charge in [0.1, 0.15) is 0 Å². The first-order valence-electron chi connectivity index (χ1n) is 10.7. The highest BCUT2D eigenvalue weighted by Crippen LogP contribution is 2.41. The van der Waals surface area contributed by atoms with Crippen molar-refractivity contribution in [1.29, 1.82) is 0 Å². The molecule has 0 radical (unpaired) electrons. The van der Waals surface area contributed by atoms with Gasteiger partial charge in [-0.15, -0.1) is 6.58 Å². The van der Waals surface area contributed by atoms with Crippen LogP contribution in [-0.2, 0) is 11.3 Å². The van der Waals surface area contributed by atoms with Gasteiger partial charge in [0.05, 0.1) is 12.7 Å². The van der Waals surface area contributed by atoms with E-state index in [4.69, 9.17) is 16.3 Å². The summed E-state index contributed by atoms with van der Waals surface area (Å²) in [5.41, 5.74) is 1.23. The van der Waals surface area contributed by atoms with E-state index >= 15 is 0 Å². The molecule has 1 aromatic rings. The lowest BCUT2D eigenvalue weighted by Crippen LogP contribution is -2.28. The van der Waals surface area contributed by atoms with Gasteiger partial charge in [-0.2, -0.15) is 0 Å². The molecule has 0 aromatic heterocycles. The number of hydrogen-bond acceptors (Lipinski definition) is 1. The van der Waals surface area contributed by atoms with E-state index in [0.29, 0.717) is 6.10 Å². The van der Waals surface area contributed by atoms with Crippen molar-refractivity contribution in [3.05, 3.63) is 47.5 Å². The SMILES string of the molecule is C=CCCC[C@H]1CC[C@H]([C@H]2CC[C@H](OCc3ccc(Cl)cc3)CC2)CC1. The van der Waals surface area contributed by atoms with Crippen LogP contribution in [-0.4, -0.2) is 6.10 Å². The summed E-state index contributed by atoms with van der Waals surface area (Å²) in [4.78, 5) is 0. The van der Waals surface area contributed by atoms with E-state index in [1.165, 1.54) is 76.2 Å². The Kier molecular flexibility index (Phi) is 8.08. The first-order chi connectivity index (χ1) is 12.7. The van der Waals surface area contributed by atoms with Crippen LogP contribution in [0.1, 0.15) is 76.2 Å². The fourth-order valence-corrected chi connectivity index (χ4v) is 5.15. The Hall–Kier alpha value is -0.790. The fourth-order valence-electron chi connectivity index (χ4n) is 5.02. The molecule has 0 atom stereocenters. The largest absolute Gasteiger partial charge is 0.374 e. The van der Waals surface area contributed by atoms with Crippen LogP contribution in [0.5, 0.6) is 0 Å². The molecule has 0 heterocycles. The van der Waals surface area contributed by atoms with E-state index in [9.17, 15) is 0 Å². The molecule has 3 rings (SSSR count). The zero-order valence-electron chi connectivity index (χ0n) is 16.2. The van der Waals surface area contributed by atoms with Crippen molar-refractivity contribution >= 4 is 11.6 Å². The van der Waals surface area contributed by atoms with Gasteiger partial charge in [-0.25, -0.2) is 0 Å². The van der Waals surface area contributed by atoms with E-state index < -0.39 is 0 Å². The van der Waals surface area contributed by atoms with Crippen molar-refractivity contribution in [1.82, 2.24) is 0 Å². The maximum atomic E-state index is 6.17. The molecule has 2 heteroatoms. The molecule has 2 saturated carbocycles. The molecule has 26 heavy (non-hydrogen) atoms. The topological polar surface area (TPSA) is 9.23 Å². The number of ether oxygens (including phenoxy) is 1. The van der Waals surface area contributed by atoms with Crippen LogP contribution in [0, 0.1) is 17.8 Å². The summed E-state index contributed by atoms with van der Waals surface area (Å²) in [6, 6.07) is 8.04. The molecule has 2 aliphatic carbocycles. The van der Waals surface area contributed by atoms with Gasteiger partial charge in [0, 0.05) is 5.02 Å². The first kappa shape index (κ1) is 20.0. The average Bonchev–Trinajstić information content (AvgIpc) is 2.69. The molecule has 0 amide bonds. The van der Waals surface area contributed by atoms with Gasteiger partial charge in [-0.05, 0) is 86.8 Å². The number of rotatable bonds is 8. The molecular formula is C24H35ClO. The third kappa shape index (κ3) is 6.13. The lowest BCUT2D eigenvalue weighted by atomic mass is 9.70. The van der Waals surface area contributed by atoms with Gasteiger partial charge in [0.15, 0.2) is 0 Å². The second-order valence-electron chi connectivity index (χ2n) is 8.47. The van der Waals surface area contributed by atoms with Crippen molar-refractivity contribution in [3.63, 3.8) is 0 Å². The Morgan fingerprint density at radius 1 is 0.923 bits per heavy atom. The molecule has 144 valence electrons.